The van der Waals surface area contributed by atoms with Crippen LogP contribution in [0.15, 0.2) is 54.5 Å². The average molecular weight is 379 g/mol. The molecule has 1 aromatic carbocycles. The quantitative estimate of drug-likeness (QED) is 0.378. The smallest absolute Gasteiger partial charge is 0.243 e. The first-order valence-corrected chi connectivity index (χ1v) is 10.6. The third-order valence-electron chi connectivity index (χ3n) is 3.82. The first-order valence-electron chi connectivity index (χ1n) is 9.11. The largest absolute Gasteiger partial charge is 0.744 e. The second kappa shape index (κ2) is 12.4. The van der Waals surface area contributed by atoms with Gasteiger partial charge >= 0.3 is 0 Å². The van der Waals surface area contributed by atoms with E-state index in [9.17, 15) is 13.0 Å². The minimum atomic E-state index is -4.25. The Morgan fingerprint density at radius 2 is 1.73 bits per heavy atom. The molecule has 0 radical (unpaired) electrons. The van der Waals surface area contributed by atoms with E-state index >= 15 is 0 Å². The molecule has 0 N–H and O–H groups in total. The Bertz CT molecular complexity index is 737. The molecule has 5 nitrogen and oxygen atoms in total. The predicted octanol–water partition coefficient (Wildman–Crippen LogP) is 3.88. The molecule has 0 atom stereocenters. The Labute approximate surface area is 157 Å². The lowest BCUT2D eigenvalue weighted by atomic mass is 10.1. The Kier molecular flexibility index (Phi) is 10.6. The molecule has 1 aromatic heterocycles. The number of nitrogens with zero attached hydrogens (tertiary/aromatic N) is 2. The number of unbranched alkanes of at least 4 members (excludes halogenated alkanes) is 5. The SMILES string of the molecule is CCCCCCCCn1cc[n+](C)c1.O=S(=O)([O-])C=Cc1ccccc1. The molecule has 0 saturated heterocycles. The zero-order valence-electron chi connectivity index (χ0n) is 15.8. The number of aromatic nitrogens is 2. The lowest BCUT2D eigenvalue weighted by Gasteiger charge is -1.98. The van der Waals surface area contributed by atoms with Gasteiger partial charge in [0.15, 0.2) is 0 Å². The summed E-state index contributed by atoms with van der Waals surface area (Å²) in [6.45, 7) is 3.44. The van der Waals surface area contributed by atoms with Gasteiger partial charge in [-0.1, -0.05) is 62.9 Å². The number of imidazole rings is 1. The van der Waals surface area contributed by atoms with Gasteiger partial charge in [0, 0.05) is 5.41 Å². The van der Waals surface area contributed by atoms with Crippen LogP contribution in [-0.2, 0) is 23.7 Å². The lowest BCUT2D eigenvalue weighted by molar-refractivity contribution is -0.671. The van der Waals surface area contributed by atoms with Crippen molar-refractivity contribution < 1.29 is 17.5 Å². The minimum absolute atomic E-state index is 0.641. The van der Waals surface area contributed by atoms with Crippen LogP contribution in [0.5, 0.6) is 0 Å². The van der Waals surface area contributed by atoms with Crippen LogP contribution in [0.3, 0.4) is 0 Å². The van der Waals surface area contributed by atoms with E-state index in [1.807, 2.05) is 6.07 Å². The Morgan fingerprint density at radius 3 is 2.31 bits per heavy atom. The van der Waals surface area contributed by atoms with Gasteiger partial charge in [0.1, 0.15) is 22.5 Å². The van der Waals surface area contributed by atoms with Gasteiger partial charge in [-0.05, 0) is 24.5 Å². The van der Waals surface area contributed by atoms with E-state index in [4.69, 9.17) is 0 Å². The first-order chi connectivity index (χ1) is 12.4. The van der Waals surface area contributed by atoms with Crippen molar-refractivity contribution in [3.05, 3.63) is 60.0 Å². The number of benzene rings is 1. The minimum Gasteiger partial charge on any atom is -0.744 e. The molecule has 0 aliphatic carbocycles. The average Bonchev–Trinajstić information content (AvgIpc) is 3.02. The standard InChI is InChI=1S/C12H23N2.C8H8O3S/c1-3-4-5-6-7-8-9-14-11-10-13(2)12-14;9-12(10,11)7-6-8-4-2-1-3-5-8/h10-12H,3-9H2,1-2H3;1-7H,(H,9,10,11)/q+1;/p-1. The summed E-state index contributed by atoms with van der Waals surface area (Å²) in [6, 6.07) is 8.75. The Morgan fingerprint density at radius 1 is 1.08 bits per heavy atom. The van der Waals surface area contributed by atoms with Crippen LogP contribution in [0, 0.1) is 0 Å². The maximum absolute atomic E-state index is 10.2. The van der Waals surface area contributed by atoms with Gasteiger partial charge < -0.3 is 4.55 Å². The normalized spacial score (nSPS) is 11.3. The fourth-order valence-electron chi connectivity index (χ4n) is 2.43. The number of hydrogen-bond donors (Lipinski definition) is 0. The molecule has 0 fully saturated rings. The predicted molar refractivity (Wildman–Crippen MR) is 104 cm³/mol. The Balaban J connectivity index is 0.000000263. The molecule has 0 unspecified atom stereocenters. The third kappa shape index (κ3) is 11.6. The van der Waals surface area contributed by atoms with Crippen molar-refractivity contribution in [2.24, 2.45) is 7.05 Å². The van der Waals surface area contributed by atoms with Crippen molar-refractivity contribution in [1.29, 1.82) is 0 Å². The number of hydrogen-bond acceptors (Lipinski definition) is 3. The molecule has 0 saturated carbocycles. The second-order valence-corrected chi connectivity index (χ2v) is 7.55. The maximum Gasteiger partial charge on any atom is 0.243 e. The van der Waals surface area contributed by atoms with Crippen molar-refractivity contribution in [3.63, 3.8) is 0 Å². The van der Waals surface area contributed by atoms with Gasteiger partial charge in [-0.25, -0.2) is 17.6 Å². The van der Waals surface area contributed by atoms with E-state index in [2.05, 4.69) is 41.8 Å². The van der Waals surface area contributed by atoms with Crippen molar-refractivity contribution in [1.82, 2.24) is 4.57 Å². The first kappa shape index (κ1) is 22.1. The van der Waals surface area contributed by atoms with E-state index in [1.54, 1.807) is 24.3 Å². The van der Waals surface area contributed by atoms with Crippen LogP contribution < -0.4 is 4.57 Å². The molecule has 0 spiro atoms. The maximum atomic E-state index is 10.2. The molecular formula is C20H30N2O3S. The highest BCUT2D eigenvalue weighted by atomic mass is 32.2. The highest BCUT2D eigenvalue weighted by Gasteiger charge is 1.98. The summed E-state index contributed by atoms with van der Waals surface area (Å²) >= 11 is 0. The van der Waals surface area contributed by atoms with E-state index < -0.39 is 10.1 Å². The third-order valence-corrected chi connectivity index (χ3v) is 4.29. The summed E-state index contributed by atoms with van der Waals surface area (Å²) in [6.07, 6.45) is 15.9. The molecule has 26 heavy (non-hydrogen) atoms. The molecule has 144 valence electrons. The monoisotopic (exact) mass is 378 g/mol. The summed E-state index contributed by atoms with van der Waals surface area (Å²) in [5, 5.41) is 0.641. The van der Waals surface area contributed by atoms with E-state index in [-0.39, 0.29) is 0 Å². The molecule has 0 amide bonds. The van der Waals surface area contributed by atoms with Crippen molar-refractivity contribution in [3.8, 4) is 0 Å². The summed E-state index contributed by atoms with van der Waals surface area (Å²) in [5.74, 6) is 0. The molecule has 6 heteroatoms. The second-order valence-electron chi connectivity index (χ2n) is 6.29. The highest BCUT2D eigenvalue weighted by molar-refractivity contribution is 7.88. The van der Waals surface area contributed by atoms with Crippen molar-refractivity contribution >= 4 is 16.2 Å². The van der Waals surface area contributed by atoms with Gasteiger partial charge in [0.25, 0.3) is 0 Å². The molecule has 1 heterocycles. The van der Waals surface area contributed by atoms with Gasteiger partial charge in [-0.2, -0.15) is 0 Å². The van der Waals surface area contributed by atoms with Gasteiger partial charge in [0.2, 0.25) is 6.33 Å². The molecule has 0 aliphatic heterocycles. The Hall–Kier alpha value is -1.92. The zero-order chi connectivity index (χ0) is 19.3. The molecular weight excluding hydrogens is 348 g/mol. The fourth-order valence-corrected chi connectivity index (χ4v) is 2.76. The zero-order valence-corrected chi connectivity index (χ0v) is 16.6. The van der Waals surface area contributed by atoms with Gasteiger partial charge in [-0.3, -0.25) is 0 Å². The number of rotatable bonds is 9. The van der Waals surface area contributed by atoms with E-state index in [1.165, 1.54) is 51.1 Å². The van der Waals surface area contributed by atoms with E-state index in [0.29, 0.717) is 11.0 Å². The molecule has 0 bridgehead atoms. The highest BCUT2D eigenvalue weighted by Crippen LogP contribution is 2.05. The molecule has 2 rings (SSSR count). The summed E-state index contributed by atoms with van der Waals surface area (Å²) in [7, 11) is -2.19. The van der Waals surface area contributed by atoms with Crippen LogP contribution in [0.25, 0.3) is 6.08 Å². The lowest BCUT2D eigenvalue weighted by Crippen LogP contribution is -2.23. The van der Waals surface area contributed by atoms with Crippen LogP contribution in [0.4, 0.5) is 0 Å². The van der Waals surface area contributed by atoms with E-state index in [0.717, 1.165) is 0 Å². The van der Waals surface area contributed by atoms with Crippen LogP contribution in [0.1, 0.15) is 51.0 Å². The molecule has 0 aliphatic rings. The summed E-state index contributed by atoms with van der Waals surface area (Å²) < 4.78 is 34.8. The summed E-state index contributed by atoms with van der Waals surface area (Å²) in [5.41, 5.74) is 0.692. The molecule has 2 aromatic rings. The number of aryl methyl sites for hydroxylation is 2. The summed E-state index contributed by atoms with van der Waals surface area (Å²) in [4.78, 5) is 0. The fraction of sp³-hybridized carbons (Fsp3) is 0.450. The van der Waals surface area contributed by atoms with Gasteiger partial charge in [-0.15, -0.1) is 0 Å². The van der Waals surface area contributed by atoms with Crippen molar-refractivity contribution in [2.75, 3.05) is 0 Å². The van der Waals surface area contributed by atoms with Crippen LogP contribution in [-0.4, -0.2) is 17.5 Å². The topological polar surface area (TPSA) is 66.0 Å². The van der Waals surface area contributed by atoms with Crippen LogP contribution in [0.2, 0.25) is 0 Å². The van der Waals surface area contributed by atoms with Crippen molar-refractivity contribution in [2.45, 2.75) is 52.0 Å². The van der Waals surface area contributed by atoms with Gasteiger partial charge in [0.05, 0.1) is 13.6 Å². The van der Waals surface area contributed by atoms with Crippen LogP contribution >= 0.6 is 0 Å².